The van der Waals surface area contributed by atoms with Crippen molar-refractivity contribution in [3.8, 4) is 0 Å². The lowest BCUT2D eigenvalue weighted by Gasteiger charge is -2.44. The average molecular weight is 544 g/mol. The molecule has 3 atom stereocenters. The van der Waals surface area contributed by atoms with E-state index >= 15 is 0 Å². The largest absolute Gasteiger partial charge is 0.309 e. The lowest BCUT2D eigenvalue weighted by molar-refractivity contribution is 0.0290. The van der Waals surface area contributed by atoms with Crippen molar-refractivity contribution < 1.29 is 10.0 Å². The standard InChI is InChI=1S/C33H45N5O2/c1-25(19-36(4)22-28-9-6-5-7-10-28)34-18-30-11-8-12-31(17-30)24-38-26(2)20-37(21-27(38)3)23-29-13-15-32(16-14-29)33(39)35-40/h5-17,25-27,34,40H,18-24H2,1-4H3,(H,35,39)/t25?,26-,27+. The van der Waals surface area contributed by atoms with Gasteiger partial charge in [0.25, 0.3) is 5.91 Å². The highest BCUT2D eigenvalue weighted by Gasteiger charge is 2.29. The number of hydroxylamine groups is 1. The summed E-state index contributed by atoms with van der Waals surface area (Å²) in [5.74, 6) is -0.483. The van der Waals surface area contributed by atoms with E-state index in [1.165, 1.54) is 22.3 Å². The zero-order chi connectivity index (χ0) is 28.5. The maximum Gasteiger partial charge on any atom is 0.274 e. The number of carbonyl (C=O) groups excluding carboxylic acids is 1. The summed E-state index contributed by atoms with van der Waals surface area (Å²) in [5.41, 5.74) is 7.35. The van der Waals surface area contributed by atoms with Crippen LogP contribution in [0.2, 0.25) is 0 Å². The van der Waals surface area contributed by atoms with Crippen LogP contribution < -0.4 is 10.8 Å². The van der Waals surface area contributed by atoms with Crippen molar-refractivity contribution in [3.63, 3.8) is 0 Å². The van der Waals surface area contributed by atoms with E-state index in [4.69, 9.17) is 5.21 Å². The third-order valence-electron chi connectivity index (χ3n) is 7.79. The smallest absolute Gasteiger partial charge is 0.274 e. The van der Waals surface area contributed by atoms with Crippen molar-refractivity contribution in [2.75, 3.05) is 26.7 Å². The summed E-state index contributed by atoms with van der Waals surface area (Å²) in [4.78, 5) is 19.1. The van der Waals surface area contributed by atoms with Crippen LogP contribution in [-0.4, -0.2) is 70.6 Å². The van der Waals surface area contributed by atoms with Crippen LogP contribution >= 0.6 is 0 Å². The zero-order valence-corrected chi connectivity index (χ0v) is 24.4. The molecule has 3 aromatic carbocycles. The quantitative estimate of drug-likeness (QED) is 0.231. The Hall–Kier alpha value is -3.07. The van der Waals surface area contributed by atoms with Crippen molar-refractivity contribution >= 4 is 5.91 Å². The van der Waals surface area contributed by atoms with E-state index in [2.05, 4.69) is 102 Å². The molecule has 1 aliphatic rings. The van der Waals surface area contributed by atoms with Gasteiger partial charge < -0.3 is 10.2 Å². The number of carbonyl (C=O) groups is 1. The van der Waals surface area contributed by atoms with E-state index in [9.17, 15) is 4.79 Å². The molecule has 214 valence electrons. The molecule has 3 aromatic rings. The Kier molecular flexibility index (Phi) is 10.9. The monoisotopic (exact) mass is 543 g/mol. The van der Waals surface area contributed by atoms with Crippen LogP contribution in [0, 0.1) is 0 Å². The predicted molar refractivity (Wildman–Crippen MR) is 161 cm³/mol. The Morgan fingerprint density at radius 3 is 2.23 bits per heavy atom. The van der Waals surface area contributed by atoms with Crippen LogP contribution in [0.4, 0.5) is 0 Å². The topological polar surface area (TPSA) is 71.1 Å². The van der Waals surface area contributed by atoms with Gasteiger partial charge in [0.15, 0.2) is 0 Å². The number of benzene rings is 3. The van der Waals surface area contributed by atoms with E-state index in [0.29, 0.717) is 23.7 Å². The zero-order valence-electron chi connectivity index (χ0n) is 24.4. The molecule has 1 fully saturated rings. The number of hydrogen-bond donors (Lipinski definition) is 3. The second kappa shape index (κ2) is 14.5. The minimum Gasteiger partial charge on any atom is -0.309 e. The van der Waals surface area contributed by atoms with Crippen molar-refractivity contribution in [2.45, 2.75) is 65.1 Å². The van der Waals surface area contributed by atoms with Gasteiger partial charge in [-0.3, -0.25) is 19.8 Å². The summed E-state index contributed by atoms with van der Waals surface area (Å²) < 4.78 is 0. The highest BCUT2D eigenvalue weighted by Crippen LogP contribution is 2.21. The van der Waals surface area contributed by atoms with E-state index in [0.717, 1.165) is 45.8 Å². The molecule has 0 saturated carbocycles. The van der Waals surface area contributed by atoms with Crippen molar-refractivity contribution in [1.29, 1.82) is 0 Å². The van der Waals surface area contributed by atoms with Crippen molar-refractivity contribution in [3.05, 3.63) is 107 Å². The molecule has 1 aliphatic heterocycles. The second-order valence-corrected chi connectivity index (χ2v) is 11.5. The van der Waals surface area contributed by atoms with Crippen molar-refractivity contribution in [2.24, 2.45) is 0 Å². The molecule has 0 spiro atoms. The normalized spacial score (nSPS) is 19.1. The number of nitrogens with zero attached hydrogens (tertiary/aromatic N) is 3. The van der Waals surface area contributed by atoms with Crippen LogP contribution in [-0.2, 0) is 26.2 Å². The first-order valence-electron chi connectivity index (χ1n) is 14.4. The molecule has 1 heterocycles. The maximum atomic E-state index is 11.6. The Morgan fingerprint density at radius 2 is 1.55 bits per heavy atom. The molecule has 7 heteroatoms. The van der Waals surface area contributed by atoms with Gasteiger partial charge in [-0.1, -0.05) is 66.7 Å². The van der Waals surface area contributed by atoms with Crippen LogP contribution in [0.3, 0.4) is 0 Å². The van der Waals surface area contributed by atoms with Crippen LogP contribution in [0.1, 0.15) is 53.4 Å². The van der Waals surface area contributed by atoms with Gasteiger partial charge >= 0.3 is 0 Å². The molecule has 1 unspecified atom stereocenters. The van der Waals surface area contributed by atoms with Gasteiger partial charge in [-0.15, -0.1) is 0 Å². The Balaban J connectivity index is 1.25. The summed E-state index contributed by atoms with van der Waals surface area (Å²) in [7, 11) is 2.18. The number of hydrogen-bond acceptors (Lipinski definition) is 6. The number of rotatable bonds is 12. The second-order valence-electron chi connectivity index (χ2n) is 11.5. The molecule has 4 rings (SSSR count). The molecule has 1 saturated heterocycles. The summed E-state index contributed by atoms with van der Waals surface area (Å²) in [6, 6.07) is 28.4. The SMILES string of the molecule is CC(CN(C)Cc1ccccc1)NCc1cccc(CN2[C@H](C)CN(Cc3ccc(C(=O)NO)cc3)C[C@@H]2C)c1. The molecule has 1 amide bonds. The third-order valence-corrected chi connectivity index (χ3v) is 7.79. The first kappa shape index (κ1) is 29.9. The third kappa shape index (κ3) is 8.71. The van der Waals surface area contributed by atoms with Crippen LogP contribution in [0.5, 0.6) is 0 Å². The molecule has 7 nitrogen and oxygen atoms in total. The van der Waals surface area contributed by atoms with E-state index in [1.54, 1.807) is 17.6 Å². The minimum absolute atomic E-state index is 0.397. The molecule has 0 radical (unpaired) electrons. The molecular formula is C33H45N5O2. The van der Waals surface area contributed by atoms with Crippen LogP contribution in [0.15, 0.2) is 78.9 Å². The van der Waals surface area contributed by atoms with Crippen LogP contribution in [0.25, 0.3) is 0 Å². The summed E-state index contributed by atoms with van der Waals surface area (Å²) >= 11 is 0. The fourth-order valence-electron chi connectivity index (χ4n) is 5.82. The van der Waals surface area contributed by atoms with Crippen molar-refractivity contribution in [1.82, 2.24) is 25.5 Å². The number of amides is 1. The summed E-state index contributed by atoms with van der Waals surface area (Å²) in [6.45, 7) is 13.5. The van der Waals surface area contributed by atoms with Gasteiger partial charge in [0.1, 0.15) is 0 Å². The van der Waals surface area contributed by atoms with Gasteiger partial charge in [-0.05, 0) is 62.2 Å². The molecular weight excluding hydrogens is 498 g/mol. The Bertz CT molecular complexity index is 1190. The molecule has 0 bridgehead atoms. The van der Waals surface area contributed by atoms with Gasteiger partial charge in [0, 0.05) is 69.5 Å². The highest BCUT2D eigenvalue weighted by atomic mass is 16.5. The average Bonchev–Trinajstić information content (AvgIpc) is 2.94. The fraction of sp³-hybridized carbons (Fsp3) is 0.424. The summed E-state index contributed by atoms with van der Waals surface area (Å²) in [6.07, 6.45) is 0. The molecule has 0 aromatic heterocycles. The van der Waals surface area contributed by atoms with Gasteiger partial charge in [-0.2, -0.15) is 0 Å². The Labute approximate surface area is 239 Å². The molecule has 3 N–H and O–H groups in total. The highest BCUT2D eigenvalue weighted by molar-refractivity contribution is 5.93. The minimum atomic E-state index is -0.483. The molecule has 0 aliphatic carbocycles. The van der Waals surface area contributed by atoms with E-state index in [1.807, 2.05) is 12.1 Å². The number of piperazine rings is 1. The van der Waals surface area contributed by atoms with Gasteiger partial charge in [0.05, 0.1) is 0 Å². The maximum absolute atomic E-state index is 11.6. The van der Waals surface area contributed by atoms with E-state index < -0.39 is 5.91 Å². The van der Waals surface area contributed by atoms with Gasteiger partial charge in [-0.25, -0.2) is 5.48 Å². The number of likely N-dealkylation sites (N-methyl/N-ethyl adjacent to an activating group) is 1. The first-order valence-corrected chi connectivity index (χ1v) is 14.4. The molecule has 40 heavy (non-hydrogen) atoms. The number of nitrogens with one attached hydrogen (secondary N) is 2. The Morgan fingerprint density at radius 1 is 0.900 bits per heavy atom. The lowest BCUT2D eigenvalue weighted by Crippen LogP contribution is -2.55. The first-order chi connectivity index (χ1) is 19.3. The van der Waals surface area contributed by atoms with Gasteiger partial charge in [0.2, 0.25) is 0 Å². The lowest BCUT2D eigenvalue weighted by atomic mass is 10.0. The predicted octanol–water partition coefficient (Wildman–Crippen LogP) is 4.51. The van der Waals surface area contributed by atoms with E-state index in [-0.39, 0.29) is 0 Å². The fourth-order valence-corrected chi connectivity index (χ4v) is 5.82. The summed E-state index contributed by atoms with van der Waals surface area (Å²) in [5, 5.41) is 12.5.